The number of carbonyl (C=O) groups is 1. The second kappa shape index (κ2) is 65.0. The van der Waals surface area contributed by atoms with Gasteiger partial charge in [0.25, 0.3) is 0 Å². The molecule has 2 atom stereocenters. The van der Waals surface area contributed by atoms with E-state index in [1.165, 1.54) is 84.1 Å². The number of carbonyl (C=O) groups excluding carboxylic acids is 1. The molecule has 2 unspecified atom stereocenters. The summed E-state index contributed by atoms with van der Waals surface area (Å²) in [6.45, 7) is 24.1. The summed E-state index contributed by atoms with van der Waals surface area (Å²) in [5, 5.41) is 7.00. The predicted octanol–water partition coefficient (Wildman–Crippen LogP) is 10.3. The molecule has 0 fully saturated rings. The Morgan fingerprint density at radius 2 is 1.05 bits per heavy atom. The van der Waals surface area contributed by atoms with E-state index in [1.807, 2.05) is 27.7 Å². The van der Waals surface area contributed by atoms with Gasteiger partial charge in [0.1, 0.15) is 5.78 Å². The van der Waals surface area contributed by atoms with Crippen LogP contribution in [-0.2, 0) is 4.79 Å². The van der Waals surface area contributed by atoms with Crippen molar-refractivity contribution in [2.24, 2.45) is 23.3 Å². The molecule has 0 saturated carbocycles. The van der Waals surface area contributed by atoms with Gasteiger partial charge in [0.15, 0.2) is 0 Å². The summed E-state index contributed by atoms with van der Waals surface area (Å²) in [5.74, 6) is 2.21. The van der Waals surface area contributed by atoms with Gasteiger partial charge in [-0.25, -0.2) is 0 Å². The van der Waals surface area contributed by atoms with E-state index in [0.29, 0.717) is 0 Å². The molecular weight excluding hydrogens is 456 g/mol. The van der Waals surface area contributed by atoms with Crippen molar-refractivity contribution in [3.8, 4) is 0 Å². The molecule has 0 aliphatic carbocycles. The summed E-state index contributed by atoms with van der Waals surface area (Å²) in [4.78, 5) is 10.4. The van der Waals surface area contributed by atoms with Crippen LogP contribution in [0.4, 0.5) is 0 Å². The zero-order valence-corrected chi connectivity index (χ0v) is 28.7. The fourth-order valence-corrected chi connectivity index (χ4v) is 3.28. The predicted molar refractivity (Wildman–Crippen MR) is 176 cm³/mol. The van der Waals surface area contributed by atoms with E-state index in [1.54, 1.807) is 6.92 Å². The molecule has 4 heteroatoms. The van der Waals surface area contributed by atoms with Crippen LogP contribution in [0.15, 0.2) is 0 Å². The molecule has 234 valence electrons. The van der Waals surface area contributed by atoms with Crippen LogP contribution in [0.1, 0.15) is 179 Å². The smallest absolute Gasteiger partial charge is 0.129 e. The molecule has 0 aromatic rings. The number of hydrogen-bond acceptors (Lipinski definition) is 4. The maximum absolute atomic E-state index is 10.4. The lowest BCUT2D eigenvalue weighted by Gasteiger charge is -2.21. The Morgan fingerprint density at radius 3 is 1.38 bits per heavy atom. The highest BCUT2D eigenvalue weighted by Gasteiger charge is 2.12. The van der Waals surface area contributed by atoms with Crippen LogP contribution in [-0.4, -0.2) is 31.6 Å². The normalized spacial score (nSPS) is 10.3. The monoisotopic (exact) mass is 537 g/mol. The van der Waals surface area contributed by atoms with E-state index in [9.17, 15) is 4.79 Å². The van der Waals surface area contributed by atoms with E-state index >= 15 is 0 Å². The minimum Gasteiger partial charge on any atom is -0.400 e. The minimum atomic E-state index is 0.284. The van der Waals surface area contributed by atoms with Crippen LogP contribution in [0.3, 0.4) is 0 Å². The Labute approximate surface area is 238 Å². The Kier molecular flexibility index (Phi) is 92.9. The van der Waals surface area contributed by atoms with Crippen molar-refractivity contribution >= 4 is 5.78 Å². The third-order valence-electron chi connectivity index (χ3n) is 5.88. The van der Waals surface area contributed by atoms with Gasteiger partial charge in [-0.15, -0.1) is 0 Å². The van der Waals surface area contributed by atoms with Crippen molar-refractivity contribution in [3.63, 3.8) is 0 Å². The lowest BCUT2D eigenvalue weighted by molar-refractivity contribution is -0.117. The molecular formula is C33H80N2O2. The van der Waals surface area contributed by atoms with E-state index in [2.05, 4.69) is 47.3 Å². The Bertz CT molecular complexity index is 298. The van der Waals surface area contributed by atoms with E-state index in [4.69, 9.17) is 10.8 Å². The van der Waals surface area contributed by atoms with E-state index in [0.717, 1.165) is 51.2 Å². The van der Waals surface area contributed by atoms with Gasteiger partial charge >= 0.3 is 0 Å². The van der Waals surface area contributed by atoms with Crippen molar-refractivity contribution < 1.29 is 9.90 Å². The molecule has 0 rings (SSSR count). The molecule has 0 radical (unpaired) electrons. The number of aliphatic hydroxyl groups excluding tert-OH is 1. The molecule has 0 aromatic heterocycles. The van der Waals surface area contributed by atoms with Gasteiger partial charge in [0, 0.05) is 13.5 Å². The van der Waals surface area contributed by atoms with Crippen LogP contribution in [0, 0.1) is 11.8 Å². The quantitative estimate of drug-likeness (QED) is 0.161. The van der Waals surface area contributed by atoms with Crippen molar-refractivity contribution in [2.45, 2.75) is 179 Å². The van der Waals surface area contributed by atoms with Gasteiger partial charge in [0.05, 0.1) is 0 Å². The molecule has 0 heterocycles. The van der Waals surface area contributed by atoms with Gasteiger partial charge in [-0.05, 0) is 45.2 Å². The lowest BCUT2D eigenvalue weighted by atomic mass is 9.85. The molecule has 0 aromatic carbocycles. The number of ketones is 1. The molecule has 0 bridgehead atoms. The number of unbranched alkanes of at least 4 members (excludes halogenated alkanes) is 9. The second-order valence-electron chi connectivity index (χ2n) is 8.77. The molecule has 5 N–H and O–H groups in total. The van der Waals surface area contributed by atoms with Crippen LogP contribution < -0.4 is 11.5 Å². The maximum atomic E-state index is 10.4. The van der Waals surface area contributed by atoms with Crippen molar-refractivity contribution in [3.05, 3.63) is 0 Å². The zero-order chi connectivity index (χ0) is 30.8. The molecule has 0 saturated heterocycles. The third kappa shape index (κ3) is 72.2. The number of rotatable bonds is 17. The molecule has 4 nitrogen and oxygen atoms in total. The molecule has 0 spiro atoms. The Balaban J connectivity index is -0.0000000723. The fraction of sp³-hybridized carbons (Fsp3) is 0.970. The van der Waals surface area contributed by atoms with Gasteiger partial charge in [-0.2, -0.15) is 0 Å². The van der Waals surface area contributed by atoms with E-state index < -0.39 is 0 Å². The minimum absolute atomic E-state index is 0.284. The summed E-state index contributed by atoms with van der Waals surface area (Å²) in [6.07, 6.45) is 20.8. The maximum Gasteiger partial charge on any atom is 0.129 e. The first-order valence-corrected chi connectivity index (χ1v) is 16.2. The molecule has 0 aliphatic rings. The summed E-state index contributed by atoms with van der Waals surface area (Å²) in [6, 6.07) is 0. The Hall–Kier alpha value is -0.450. The fourth-order valence-electron chi connectivity index (χ4n) is 3.28. The lowest BCUT2D eigenvalue weighted by Crippen LogP contribution is -2.09. The van der Waals surface area contributed by atoms with Crippen LogP contribution in [0.5, 0.6) is 0 Å². The third-order valence-corrected chi connectivity index (χ3v) is 5.88. The van der Waals surface area contributed by atoms with E-state index in [-0.39, 0.29) is 5.78 Å². The van der Waals surface area contributed by atoms with Crippen molar-refractivity contribution in [1.82, 2.24) is 0 Å². The van der Waals surface area contributed by atoms with Crippen molar-refractivity contribution in [2.75, 3.05) is 20.7 Å². The molecule has 0 aliphatic heterocycles. The highest BCUT2D eigenvalue weighted by Crippen LogP contribution is 2.24. The van der Waals surface area contributed by atoms with Crippen LogP contribution in [0.25, 0.3) is 0 Å². The van der Waals surface area contributed by atoms with Crippen molar-refractivity contribution in [1.29, 1.82) is 0 Å². The van der Waals surface area contributed by atoms with Gasteiger partial charge in [0.2, 0.25) is 0 Å². The molecule has 0 amide bonds. The largest absolute Gasteiger partial charge is 0.400 e. The van der Waals surface area contributed by atoms with Crippen LogP contribution >= 0.6 is 0 Å². The highest BCUT2D eigenvalue weighted by atomic mass is 16.2. The van der Waals surface area contributed by atoms with Gasteiger partial charge in [-0.3, -0.25) is 0 Å². The topological polar surface area (TPSA) is 89.3 Å². The summed E-state index contributed by atoms with van der Waals surface area (Å²) in [5.41, 5.74) is 9.76. The summed E-state index contributed by atoms with van der Waals surface area (Å²) < 4.78 is 0. The SMILES string of the molecule is CC.CC.CC(=O)CCCCCN.CCCC.CCCCCCCCCC(CC)C(C)CC.CN.CO. The standard InChI is InChI=1S/C16H34.C7H15NO.C4H10.2C2H6.CH5N.CH4O/c1-5-8-9-10-11-12-13-14-16(7-3)15(4)6-2;1-7(9)5-3-2-4-6-8;1-3-4-2;4*1-2/h15-16H,5-14H2,1-4H3;2-6,8H2,1H3;3-4H2,1-2H3;2*1-2H3;2H2,1H3;2H,1H3. The zero-order valence-electron chi connectivity index (χ0n) is 28.7. The Morgan fingerprint density at radius 1 is 0.649 bits per heavy atom. The average molecular weight is 537 g/mol. The number of Topliss-reactive ketones (excluding diaryl/α,β-unsaturated/α-hetero) is 1. The number of aliphatic hydroxyl groups is 1. The molecule has 37 heavy (non-hydrogen) atoms. The van der Waals surface area contributed by atoms with Gasteiger partial charge < -0.3 is 21.4 Å². The average Bonchev–Trinajstić information content (AvgIpc) is 2.97. The van der Waals surface area contributed by atoms with Crippen LogP contribution in [0.2, 0.25) is 0 Å². The highest BCUT2D eigenvalue weighted by molar-refractivity contribution is 5.75. The number of nitrogens with two attached hydrogens (primary N) is 2. The first-order valence-electron chi connectivity index (χ1n) is 16.2. The summed E-state index contributed by atoms with van der Waals surface area (Å²) >= 11 is 0. The van der Waals surface area contributed by atoms with Gasteiger partial charge in [-0.1, -0.05) is 153 Å². The summed E-state index contributed by atoms with van der Waals surface area (Å²) in [7, 11) is 2.50. The first-order chi connectivity index (χ1) is 17.9. The first kappa shape index (κ1) is 52.9. The second-order valence-corrected chi connectivity index (χ2v) is 8.77. The number of hydrogen-bond donors (Lipinski definition) is 3.